The number of fused-ring (bicyclic) bond motifs is 1. The van der Waals surface area contributed by atoms with Crippen LogP contribution in [-0.4, -0.2) is 46.7 Å². The highest BCUT2D eigenvalue weighted by Gasteiger charge is 2.29. The third-order valence-corrected chi connectivity index (χ3v) is 5.05. The molecule has 9 heteroatoms. The van der Waals surface area contributed by atoms with E-state index in [1.54, 1.807) is 24.5 Å². The average Bonchev–Trinajstić information content (AvgIpc) is 3.14. The Balaban J connectivity index is 2.31. The van der Waals surface area contributed by atoms with Crippen molar-refractivity contribution in [3.8, 4) is 0 Å². The molecule has 0 aliphatic heterocycles. The highest BCUT2D eigenvalue weighted by molar-refractivity contribution is 5.94. The molecule has 0 fully saturated rings. The van der Waals surface area contributed by atoms with Crippen LogP contribution in [0.2, 0.25) is 0 Å². The van der Waals surface area contributed by atoms with E-state index in [1.165, 1.54) is 9.13 Å². The first kappa shape index (κ1) is 23.1. The van der Waals surface area contributed by atoms with Gasteiger partial charge in [0.25, 0.3) is 0 Å². The van der Waals surface area contributed by atoms with Crippen LogP contribution in [0.25, 0.3) is 10.9 Å². The zero-order valence-corrected chi connectivity index (χ0v) is 16.8. The molecule has 0 bridgehead atoms. The Morgan fingerprint density at radius 1 is 1.03 bits per heavy atom. The molecule has 2 heterocycles. The van der Waals surface area contributed by atoms with Crippen LogP contribution in [-0.2, 0) is 6.61 Å². The minimum absolute atomic E-state index is 0.250. The van der Waals surface area contributed by atoms with Gasteiger partial charge in [-0.25, -0.2) is 4.79 Å². The number of hydrogen-bond donors (Lipinski definition) is 5. The van der Waals surface area contributed by atoms with E-state index in [9.17, 15) is 14.7 Å². The predicted octanol–water partition coefficient (Wildman–Crippen LogP) is -0.386. The summed E-state index contributed by atoms with van der Waals surface area (Å²) in [4.78, 5) is 25.6. The maximum Gasteiger partial charge on any atom is 0.409 e. The highest BCUT2D eigenvalue weighted by Crippen LogP contribution is 2.17. The van der Waals surface area contributed by atoms with Crippen LogP contribution in [0.5, 0.6) is 0 Å². The fraction of sp³-hybridized carbons (Fsp3) is 0.550. The molecular weight excluding hydrogens is 372 g/mol. The number of unbranched alkanes of at least 4 members (excludes halogenated alkanes) is 2. The minimum atomic E-state index is -0.716. The van der Waals surface area contributed by atoms with Gasteiger partial charge in [-0.1, -0.05) is 6.42 Å². The van der Waals surface area contributed by atoms with Crippen molar-refractivity contribution >= 4 is 22.7 Å². The molecule has 0 spiro atoms. The van der Waals surface area contributed by atoms with E-state index in [0.29, 0.717) is 37.1 Å². The van der Waals surface area contributed by atoms with Crippen molar-refractivity contribution in [2.75, 3.05) is 13.1 Å². The minimum Gasteiger partial charge on any atom is -0.385 e. The van der Waals surface area contributed by atoms with Crippen LogP contribution in [0.1, 0.15) is 53.8 Å². The molecule has 0 aliphatic rings. The van der Waals surface area contributed by atoms with E-state index in [-0.39, 0.29) is 18.4 Å². The van der Waals surface area contributed by atoms with Gasteiger partial charge in [0.2, 0.25) is 17.8 Å². The van der Waals surface area contributed by atoms with Gasteiger partial charge in [0.05, 0.1) is 6.04 Å². The molecular formula is C20H33N6O3+. The van der Waals surface area contributed by atoms with E-state index in [0.717, 1.165) is 31.1 Å². The van der Waals surface area contributed by atoms with Gasteiger partial charge in [-0.15, -0.1) is 4.57 Å². The Bertz CT molecular complexity index is 835. The first-order chi connectivity index (χ1) is 13.9. The Morgan fingerprint density at radius 3 is 2.24 bits per heavy atom. The fourth-order valence-electron chi connectivity index (χ4n) is 3.31. The lowest BCUT2D eigenvalue weighted by molar-refractivity contribution is -0.585. The Kier molecular flexibility index (Phi) is 8.87. The van der Waals surface area contributed by atoms with Crippen LogP contribution >= 0.6 is 0 Å². The lowest BCUT2D eigenvalue weighted by Gasteiger charge is -2.12. The molecule has 0 unspecified atom stereocenters. The topological polar surface area (TPSA) is 167 Å². The fourth-order valence-corrected chi connectivity index (χ4v) is 3.31. The molecule has 2 atom stereocenters. The number of carbonyl (C=O) groups excluding carboxylic acids is 2. The number of hydrogen-bond acceptors (Lipinski definition) is 7. The largest absolute Gasteiger partial charge is 0.409 e. The summed E-state index contributed by atoms with van der Waals surface area (Å²) in [5, 5.41) is 10.4. The Labute approximate surface area is 170 Å². The summed E-state index contributed by atoms with van der Waals surface area (Å²) in [6.45, 7) is 0.781. The molecule has 160 valence electrons. The molecule has 2 rings (SSSR count). The van der Waals surface area contributed by atoms with E-state index in [1.807, 2.05) is 0 Å². The van der Waals surface area contributed by atoms with E-state index < -0.39 is 12.1 Å². The molecule has 0 amide bonds. The van der Waals surface area contributed by atoms with Gasteiger partial charge >= 0.3 is 5.91 Å². The molecule has 29 heavy (non-hydrogen) atoms. The third-order valence-electron chi connectivity index (χ3n) is 5.05. The molecule has 0 saturated carbocycles. The van der Waals surface area contributed by atoms with Crippen LogP contribution in [0, 0.1) is 0 Å². The third kappa shape index (κ3) is 5.68. The zero-order valence-electron chi connectivity index (χ0n) is 16.8. The zero-order chi connectivity index (χ0) is 21.4. The maximum atomic E-state index is 12.8. The summed E-state index contributed by atoms with van der Waals surface area (Å²) in [5.74, 6) is -0.583. The predicted molar refractivity (Wildman–Crippen MR) is 111 cm³/mol. The van der Waals surface area contributed by atoms with Gasteiger partial charge in [-0.3, -0.25) is 9.36 Å². The molecule has 9 nitrogen and oxygen atoms in total. The number of nitrogens with two attached hydrogens (primary N) is 4. The van der Waals surface area contributed by atoms with E-state index >= 15 is 0 Å². The quantitative estimate of drug-likeness (QED) is 0.251. The second-order valence-electron chi connectivity index (χ2n) is 7.28. The monoisotopic (exact) mass is 405 g/mol. The van der Waals surface area contributed by atoms with Gasteiger partial charge in [-0.05, 0) is 51.3 Å². The Morgan fingerprint density at radius 2 is 1.66 bits per heavy atom. The van der Waals surface area contributed by atoms with Gasteiger partial charge in [-0.2, -0.15) is 0 Å². The molecule has 2 aromatic rings. The molecule has 0 radical (unpaired) electrons. The van der Waals surface area contributed by atoms with Crippen LogP contribution in [0.3, 0.4) is 0 Å². The maximum absolute atomic E-state index is 12.8. The number of aromatic nitrogens is 2. The summed E-state index contributed by atoms with van der Waals surface area (Å²) in [5.41, 5.74) is 24.0. The molecule has 0 aliphatic carbocycles. The summed E-state index contributed by atoms with van der Waals surface area (Å²) >= 11 is 0. The number of nitrogens with zero attached hydrogens (tertiary/aromatic N) is 2. The number of rotatable bonds is 11. The molecule has 9 N–H and O–H groups in total. The summed E-state index contributed by atoms with van der Waals surface area (Å²) in [6.07, 6.45) is 7.33. The van der Waals surface area contributed by atoms with Crippen LogP contribution in [0.15, 0.2) is 24.5 Å². The SMILES string of the molecule is NCCCC[C@H](N)C(=O)n1ccc2cc(CO)[n+](C(=O)[C@@H](N)CCCCN)cc21. The first-order valence-electron chi connectivity index (χ1n) is 10.1. The molecule has 2 aromatic heterocycles. The highest BCUT2D eigenvalue weighted by atomic mass is 16.3. The molecule has 0 saturated heterocycles. The normalized spacial score (nSPS) is 13.6. The van der Waals surface area contributed by atoms with Crippen molar-refractivity contribution in [2.24, 2.45) is 22.9 Å². The first-order valence-corrected chi connectivity index (χ1v) is 10.1. The lowest BCUT2D eigenvalue weighted by atomic mass is 10.1. The standard InChI is InChI=1S/C20H33N6O3/c21-8-3-1-5-16(23)19(28)25-10-7-14-11-15(13-27)26(12-18(14)25)20(29)17(24)6-2-4-9-22/h7,10-12,16-17,27H,1-6,8-9,13,21-24H2/q+1/t16-,17-/m0/s1. The van der Waals surface area contributed by atoms with E-state index in [4.69, 9.17) is 22.9 Å². The second-order valence-corrected chi connectivity index (χ2v) is 7.28. The van der Waals surface area contributed by atoms with Gasteiger partial charge < -0.3 is 28.0 Å². The lowest BCUT2D eigenvalue weighted by Crippen LogP contribution is -2.54. The van der Waals surface area contributed by atoms with Gasteiger partial charge in [0, 0.05) is 17.6 Å². The van der Waals surface area contributed by atoms with Crippen molar-refractivity contribution in [3.05, 3.63) is 30.2 Å². The smallest absolute Gasteiger partial charge is 0.385 e. The van der Waals surface area contributed by atoms with Crippen molar-refractivity contribution in [2.45, 2.75) is 57.2 Å². The van der Waals surface area contributed by atoms with Crippen molar-refractivity contribution in [1.82, 2.24) is 4.57 Å². The van der Waals surface area contributed by atoms with Gasteiger partial charge in [0.1, 0.15) is 18.2 Å². The van der Waals surface area contributed by atoms with Gasteiger partial charge in [0.15, 0.2) is 0 Å². The summed E-state index contributed by atoms with van der Waals surface area (Å²) in [6, 6.07) is 2.07. The van der Waals surface area contributed by atoms with Crippen LogP contribution < -0.4 is 27.5 Å². The number of pyridine rings is 1. The number of carbonyl (C=O) groups is 2. The summed E-state index contributed by atoms with van der Waals surface area (Å²) < 4.78 is 2.78. The number of aliphatic hydroxyl groups is 1. The second kappa shape index (κ2) is 11.1. The average molecular weight is 406 g/mol. The van der Waals surface area contributed by atoms with Crippen molar-refractivity contribution < 1.29 is 19.3 Å². The number of aliphatic hydroxyl groups excluding tert-OH is 1. The summed E-state index contributed by atoms with van der Waals surface area (Å²) in [7, 11) is 0. The Hall–Kier alpha value is -2.17. The van der Waals surface area contributed by atoms with E-state index in [2.05, 4.69) is 0 Å². The van der Waals surface area contributed by atoms with Crippen LogP contribution in [0.4, 0.5) is 0 Å². The van der Waals surface area contributed by atoms with Crippen molar-refractivity contribution in [3.63, 3.8) is 0 Å². The molecule has 0 aromatic carbocycles. The van der Waals surface area contributed by atoms with Crippen molar-refractivity contribution in [1.29, 1.82) is 0 Å².